The molecule has 1 rings (SSSR count). The maximum atomic E-state index is 12.1. The largest absolute Gasteiger partial charge is 0.394 e. The first-order valence-corrected chi connectivity index (χ1v) is 7.53. The summed E-state index contributed by atoms with van der Waals surface area (Å²) in [6.45, 7) is 1.76. The lowest BCUT2D eigenvalue weighted by molar-refractivity contribution is 0.0915. The summed E-state index contributed by atoms with van der Waals surface area (Å²) in [6, 6.07) is 5.04. The summed E-state index contributed by atoms with van der Waals surface area (Å²) >= 11 is 7.67. The monoisotopic (exact) mass is 287 g/mol. The minimum atomic E-state index is -0.205. The molecule has 1 aromatic rings. The lowest BCUT2D eigenvalue weighted by atomic mass is 10.1. The molecule has 0 aliphatic carbocycles. The van der Waals surface area contributed by atoms with E-state index in [1.165, 1.54) is 0 Å². The third kappa shape index (κ3) is 4.19. The zero-order chi connectivity index (χ0) is 13.5. The van der Waals surface area contributed by atoms with Crippen LogP contribution in [-0.4, -0.2) is 35.7 Å². The number of nitrogens with one attached hydrogen (secondary N) is 1. The van der Waals surface area contributed by atoms with Crippen LogP contribution in [0, 0.1) is 6.92 Å². The van der Waals surface area contributed by atoms with Crippen molar-refractivity contribution in [1.82, 2.24) is 5.32 Å². The van der Waals surface area contributed by atoms with Crippen LogP contribution in [0.3, 0.4) is 0 Å². The van der Waals surface area contributed by atoms with E-state index in [0.717, 1.165) is 17.7 Å². The Balaban J connectivity index is 2.72. The van der Waals surface area contributed by atoms with E-state index in [2.05, 4.69) is 5.32 Å². The molecule has 0 aliphatic heterocycles. The molecule has 0 fully saturated rings. The molecule has 1 amide bonds. The molecule has 0 saturated carbocycles. The highest BCUT2D eigenvalue weighted by molar-refractivity contribution is 7.98. The van der Waals surface area contributed by atoms with Gasteiger partial charge in [0.2, 0.25) is 0 Å². The van der Waals surface area contributed by atoms with Gasteiger partial charge in [0.25, 0.3) is 5.91 Å². The van der Waals surface area contributed by atoms with Crippen molar-refractivity contribution in [3.8, 4) is 0 Å². The topological polar surface area (TPSA) is 49.3 Å². The van der Waals surface area contributed by atoms with E-state index in [4.69, 9.17) is 11.6 Å². The molecule has 5 heteroatoms. The lowest BCUT2D eigenvalue weighted by Crippen LogP contribution is -2.38. The van der Waals surface area contributed by atoms with E-state index < -0.39 is 0 Å². The Labute approximate surface area is 117 Å². The average molecular weight is 288 g/mol. The fraction of sp³-hybridized carbons (Fsp3) is 0.462. The van der Waals surface area contributed by atoms with Crippen LogP contribution >= 0.6 is 23.4 Å². The average Bonchev–Trinajstić information content (AvgIpc) is 2.37. The van der Waals surface area contributed by atoms with Crippen LogP contribution in [0.15, 0.2) is 18.2 Å². The third-order valence-electron chi connectivity index (χ3n) is 2.74. The molecule has 0 aromatic heterocycles. The highest BCUT2D eigenvalue weighted by Crippen LogP contribution is 2.18. The quantitative estimate of drug-likeness (QED) is 0.845. The summed E-state index contributed by atoms with van der Waals surface area (Å²) < 4.78 is 0. The number of hydrogen-bond acceptors (Lipinski definition) is 3. The van der Waals surface area contributed by atoms with E-state index in [1.54, 1.807) is 30.0 Å². The van der Waals surface area contributed by atoms with Gasteiger partial charge in [0, 0.05) is 10.6 Å². The molecule has 0 bridgehead atoms. The number of benzene rings is 1. The van der Waals surface area contributed by atoms with Crippen molar-refractivity contribution in [1.29, 1.82) is 0 Å². The molecule has 0 saturated heterocycles. The fourth-order valence-electron chi connectivity index (χ4n) is 1.59. The van der Waals surface area contributed by atoms with Gasteiger partial charge in [-0.05, 0) is 43.0 Å². The molecule has 1 unspecified atom stereocenters. The van der Waals surface area contributed by atoms with Gasteiger partial charge in [0.15, 0.2) is 0 Å². The van der Waals surface area contributed by atoms with Crippen molar-refractivity contribution in [2.75, 3.05) is 18.6 Å². The summed E-state index contributed by atoms with van der Waals surface area (Å²) in [5.41, 5.74) is 1.32. The minimum absolute atomic E-state index is 0.0497. The molecule has 0 heterocycles. The Morgan fingerprint density at radius 3 is 2.89 bits per heavy atom. The Morgan fingerprint density at radius 1 is 1.56 bits per heavy atom. The van der Waals surface area contributed by atoms with Gasteiger partial charge in [-0.25, -0.2) is 0 Å². The predicted molar refractivity (Wildman–Crippen MR) is 77.5 cm³/mol. The van der Waals surface area contributed by atoms with Gasteiger partial charge >= 0.3 is 0 Å². The molecule has 2 N–H and O–H groups in total. The summed E-state index contributed by atoms with van der Waals surface area (Å²) in [6.07, 6.45) is 2.75. The standard InChI is InChI=1S/C13H18ClNO2S/c1-9-11(4-3-5-12(9)14)13(17)15-10(8-16)6-7-18-2/h3-5,10,16H,6-8H2,1-2H3,(H,15,17). The lowest BCUT2D eigenvalue weighted by Gasteiger charge is -2.16. The summed E-state index contributed by atoms with van der Waals surface area (Å²) in [5, 5.41) is 12.6. The third-order valence-corrected chi connectivity index (χ3v) is 3.79. The first-order chi connectivity index (χ1) is 8.60. The fourth-order valence-corrected chi connectivity index (χ4v) is 2.28. The minimum Gasteiger partial charge on any atom is -0.394 e. The Morgan fingerprint density at radius 2 is 2.28 bits per heavy atom. The molecular weight excluding hydrogens is 270 g/mol. The number of halogens is 1. The highest BCUT2D eigenvalue weighted by Gasteiger charge is 2.15. The number of rotatable bonds is 6. The maximum absolute atomic E-state index is 12.1. The maximum Gasteiger partial charge on any atom is 0.251 e. The number of carbonyl (C=O) groups is 1. The summed E-state index contributed by atoms with van der Waals surface area (Å²) in [4.78, 5) is 12.1. The molecule has 3 nitrogen and oxygen atoms in total. The number of hydrogen-bond donors (Lipinski definition) is 2. The molecule has 0 radical (unpaired) electrons. The summed E-state index contributed by atoms with van der Waals surface area (Å²) in [5.74, 6) is 0.718. The van der Waals surface area contributed by atoms with Crippen molar-refractivity contribution in [2.24, 2.45) is 0 Å². The smallest absolute Gasteiger partial charge is 0.251 e. The van der Waals surface area contributed by atoms with Crippen molar-refractivity contribution in [3.05, 3.63) is 34.3 Å². The van der Waals surface area contributed by atoms with Crippen LogP contribution in [0.2, 0.25) is 5.02 Å². The highest BCUT2D eigenvalue weighted by atomic mass is 35.5. The van der Waals surface area contributed by atoms with Gasteiger partial charge in [0.05, 0.1) is 12.6 Å². The van der Waals surface area contributed by atoms with Gasteiger partial charge in [0.1, 0.15) is 0 Å². The molecule has 0 aliphatic rings. The first kappa shape index (κ1) is 15.3. The zero-order valence-electron chi connectivity index (χ0n) is 10.6. The predicted octanol–water partition coefficient (Wildman–Crippen LogP) is 2.49. The van der Waals surface area contributed by atoms with Gasteiger partial charge in [-0.15, -0.1) is 0 Å². The number of thioether (sulfide) groups is 1. The molecular formula is C13H18ClNO2S. The van der Waals surface area contributed by atoms with Crippen molar-refractivity contribution >= 4 is 29.3 Å². The van der Waals surface area contributed by atoms with Crippen LogP contribution in [0.1, 0.15) is 22.3 Å². The number of amides is 1. The molecule has 1 aromatic carbocycles. The van der Waals surface area contributed by atoms with Crippen LogP contribution in [-0.2, 0) is 0 Å². The number of aliphatic hydroxyl groups excluding tert-OH is 1. The second-order valence-corrected chi connectivity index (χ2v) is 5.44. The Bertz CT molecular complexity index is 412. The van der Waals surface area contributed by atoms with Gasteiger partial charge in [-0.1, -0.05) is 17.7 Å². The Hall–Kier alpha value is -0.710. The zero-order valence-corrected chi connectivity index (χ0v) is 12.1. The molecule has 1 atom stereocenters. The van der Waals surface area contributed by atoms with E-state index >= 15 is 0 Å². The van der Waals surface area contributed by atoms with Crippen molar-refractivity contribution in [2.45, 2.75) is 19.4 Å². The van der Waals surface area contributed by atoms with Crippen LogP contribution in [0.25, 0.3) is 0 Å². The van der Waals surface area contributed by atoms with Crippen LogP contribution in [0.5, 0.6) is 0 Å². The van der Waals surface area contributed by atoms with Crippen LogP contribution < -0.4 is 5.32 Å². The SMILES string of the molecule is CSCCC(CO)NC(=O)c1cccc(Cl)c1C. The molecule has 100 valence electrons. The van der Waals surface area contributed by atoms with Gasteiger partial charge in [-0.2, -0.15) is 11.8 Å². The van der Waals surface area contributed by atoms with Gasteiger partial charge in [-0.3, -0.25) is 4.79 Å². The van der Waals surface area contributed by atoms with Gasteiger partial charge < -0.3 is 10.4 Å². The molecule has 0 spiro atoms. The Kier molecular flexibility index (Phi) is 6.54. The van der Waals surface area contributed by atoms with E-state index in [0.29, 0.717) is 10.6 Å². The first-order valence-electron chi connectivity index (χ1n) is 5.76. The van der Waals surface area contributed by atoms with E-state index in [9.17, 15) is 9.90 Å². The number of carbonyl (C=O) groups excluding carboxylic acids is 1. The number of aliphatic hydroxyl groups is 1. The van der Waals surface area contributed by atoms with Crippen molar-refractivity contribution < 1.29 is 9.90 Å². The molecule has 18 heavy (non-hydrogen) atoms. The van der Waals surface area contributed by atoms with E-state index in [-0.39, 0.29) is 18.6 Å². The van der Waals surface area contributed by atoms with Crippen molar-refractivity contribution in [3.63, 3.8) is 0 Å². The normalized spacial score (nSPS) is 12.2. The van der Waals surface area contributed by atoms with E-state index in [1.807, 2.05) is 13.2 Å². The second kappa shape index (κ2) is 7.67. The second-order valence-electron chi connectivity index (χ2n) is 4.05. The van der Waals surface area contributed by atoms with Crippen LogP contribution in [0.4, 0.5) is 0 Å². The summed E-state index contributed by atoms with van der Waals surface area (Å²) in [7, 11) is 0.